The number of fused-ring (bicyclic) bond motifs is 1. The molecule has 4 atom stereocenters. The molecule has 32 heavy (non-hydrogen) atoms. The second-order valence-corrected chi connectivity index (χ2v) is 8.49. The third-order valence-corrected chi connectivity index (χ3v) is 5.42. The van der Waals surface area contributed by atoms with Crippen LogP contribution in [0.2, 0.25) is 5.02 Å². The summed E-state index contributed by atoms with van der Waals surface area (Å²) < 4.78 is 33.3. The number of imidazole rings is 1. The molecule has 0 aliphatic carbocycles. The number of aromatic nitrogens is 4. The minimum Gasteiger partial charge on any atom is -0.387 e. The van der Waals surface area contributed by atoms with E-state index in [2.05, 4.69) is 24.5 Å². The van der Waals surface area contributed by atoms with Crippen LogP contribution >= 0.6 is 11.6 Å². The lowest BCUT2D eigenvalue weighted by atomic mass is 10.1. The third kappa shape index (κ3) is 4.56. The molecule has 1 amide bonds. The number of rotatable bonds is 6. The van der Waals surface area contributed by atoms with Gasteiger partial charge in [-0.1, -0.05) is 11.6 Å². The first-order valence-corrected chi connectivity index (χ1v) is 10.9. The first-order valence-electron chi connectivity index (χ1n) is 9.07. The number of halogens is 1. The average molecular weight is 485 g/mol. The Balaban J connectivity index is 1.57. The van der Waals surface area contributed by atoms with Crippen molar-refractivity contribution in [3.63, 3.8) is 0 Å². The van der Waals surface area contributed by atoms with E-state index in [1.807, 2.05) is 0 Å². The van der Waals surface area contributed by atoms with Gasteiger partial charge in [-0.05, 0) is 24.3 Å². The lowest BCUT2D eigenvalue weighted by molar-refractivity contribution is -0.0467. The number of hydrogen-bond donors (Lipinski definition) is 4. The maximum atomic E-state index is 12.5. The van der Waals surface area contributed by atoms with Crippen LogP contribution in [-0.4, -0.2) is 69.0 Å². The predicted octanol–water partition coefficient (Wildman–Crippen LogP) is -0.429. The molecule has 3 aromatic rings. The Morgan fingerprint density at radius 2 is 1.94 bits per heavy atom. The first kappa shape index (κ1) is 22.5. The molecule has 13 nitrogen and oxygen atoms in total. The smallest absolute Gasteiger partial charge is 0.333 e. The monoisotopic (exact) mass is 484 g/mol. The molecule has 0 radical (unpaired) electrons. The molecule has 0 unspecified atom stereocenters. The van der Waals surface area contributed by atoms with E-state index in [9.17, 15) is 23.4 Å². The molecule has 170 valence electrons. The van der Waals surface area contributed by atoms with Gasteiger partial charge in [-0.15, -0.1) is 0 Å². The van der Waals surface area contributed by atoms with Crippen LogP contribution in [0.25, 0.3) is 11.2 Å². The van der Waals surface area contributed by atoms with Gasteiger partial charge in [-0.25, -0.2) is 20.1 Å². The number of hydrogen-bond acceptors (Lipinski definition) is 10. The van der Waals surface area contributed by atoms with Crippen LogP contribution < -0.4 is 10.5 Å². The number of ether oxygens (including phenoxy) is 1. The van der Waals surface area contributed by atoms with Crippen molar-refractivity contribution in [2.24, 2.45) is 5.14 Å². The number of aliphatic hydroxyl groups excluding tert-OH is 2. The number of amides is 1. The van der Waals surface area contributed by atoms with Crippen LogP contribution in [0, 0.1) is 0 Å². The summed E-state index contributed by atoms with van der Waals surface area (Å²) in [6.45, 7) is -0.600. The number of anilines is 1. The maximum Gasteiger partial charge on any atom is 0.333 e. The Morgan fingerprint density at radius 1 is 1.22 bits per heavy atom. The average Bonchev–Trinajstić information content (AvgIpc) is 3.29. The van der Waals surface area contributed by atoms with Gasteiger partial charge in [0.1, 0.15) is 24.6 Å². The van der Waals surface area contributed by atoms with Crippen LogP contribution in [0.4, 0.5) is 5.82 Å². The predicted molar refractivity (Wildman–Crippen MR) is 110 cm³/mol. The van der Waals surface area contributed by atoms with Crippen LogP contribution in [0.5, 0.6) is 0 Å². The summed E-state index contributed by atoms with van der Waals surface area (Å²) in [7, 11) is -4.26. The molecule has 1 aliphatic heterocycles. The second kappa shape index (κ2) is 8.67. The van der Waals surface area contributed by atoms with E-state index in [0.717, 1.165) is 0 Å². The fourth-order valence-corrected chi connectivity index (χ4v) is 3.62. The molecule has 0 spiro atoms. The number of carbonyl (C=O) groups excluding carboxylic acids is 1. The van der Waals surface area contributed by atoms with Crippen molar-refractivity contribution in [1.82, 2.24) is 19.5 Å². The SMILES string of the molecule is NS(=O)(=O)OC[C@H]1O[C@@H](n2cnc3c(NC(=O)c4ccc(Cl)cc4)ncnc32)[C@H](O)[C@@H]1O. The number of carbonyl (C=O) groups is 1. The Bertz CT molecular complexity index is 1250. The zero-order valence-electron chi connectivity index (χ0n) is 16.1. The fourth-order valence-electron chi connectivity index (χ4n) is 3.17. The van der Waals surface area contributed by atoms with Gasteiger partial charge < -0.3 is 20.3 Å². The van der Waals surface area contributed by atoms with Crippen molar-refractivity contribution in [1.29, 1.82) is 0 Å². The van der Waals surface area contributed by atoms with Gasteiger partial charge in [-0.2, -0.15) is 8.42 Å². The Morgan fingerprint density at radius 3 is 2.62 bits per heavy atom. The molecular weight excluding hydrogens is 468 g/mol. The van der Waals surface area contributed by atoms with E-state index in [4.69, 9.17) is 21.5 Å². The topological polar surface area (TPSA) is 192 Å². The van der Waals surface area contributed by atoms with E-state index >= 15 is 0 Å². The Hall–Kier alpha value is -2.72. The van der Waals surface area contributed by atoms with E-state index < -0.39 is 47.4 Å². The van der Waals surface area contributed by atoms with Gasteiger partial charge in [0.05, 0.1) is 12.9 Å². The highest BCUT2D eigenvalue weighted by Crippen LogP contribution is 2.32. The highest BCUT2D eigenvalue weighted by molar-refractivity contribution is 7.84. The molecular formula is C17H17ClN6O7S. The van der Waals surface area contributed by atoms with E-state index in [1.165, 1.54) is 17.2 Å². The second-order valence-electron chi connectivity index (χ2n) is 6.83. The highest BCUT2D eigenvalue weighted by Gasteiger charge is 2.45. The van der Waals surface area contributed by atoms with E-state index in [0.29, 0.717) is 10.6 Å². The molecule has 15 heteroatoms. The van der Waals surface area contributed by atoms with Gasteiger partial charge >= 0.3 is 10.3 Å². The minimum atomic E-state index is -4.26. The Kier molecular flexibility index (Phi) is 6.09. The number of benzene rings is 1. The van der Waals surface area contributed by atoms with Crippen LogP contribution in [-0.2, 0) is 19.2 Å². The van der Waals surface area contributed by atoms with Gasteiger partial charge in [0, 0.05) is 10.6 Å². The van der Waals surface area contributed by atoms with Crippen molar-refractivity contribution < 1.29 is 32.3 Å². The molecule has 1 fully saturated rings. The first-order chi connectivity index (χ1) is 15.1. The molecule has 4 rings (SSSR count). The Labute approximate surface area is 186 Å². The zero-order valence-corrected chi connectivity index (χ0v) is 17.6. The summed E-state index contributed by atoms with van der Waals surface area (Å²) in [5.41, 5.74) is 0.732. The van der Waals surface area contributed by atoms with Crippen LogP contribution in [0.15, 0.2) is 36.9 Å². The van der Waals surface area contributed by atoms with Crippen molar-refractivity contribution in [2.75, 3.05) is 11.9 Å². The molecule has 3 heterocycles. The van der Waals surface area contributed by atoms with E-state index in [-0.39, 0.29) is 17.0 Å². The molecule has 1 saturated heterocycles. The normalized spacial score (nSPS) is 23.5. The van der Waals surface area contributed by atoms with Crippen LogP contribution in [0.3, 0.4) is 0 Å². The molecule has 1 aliphatic rings. The third-order valence-electron chi connectivity index (χ3n) is 4.71. The fraction of sp³-hybridized carbons (Fsp3) is 0.294. The molecule has 0 saturated carbocycles. The number of aliphatic hydroxyl groups is 2. The standard InChI is InChI=1S/C17H17ClN6O7S/c18-9-3-1-8(2-4-9)16(27)23-14-11-15(21-6-20-14)24(7-22-11)17-13(26)12(25)10(31-17)5-30-32(19,28)29/h1-4,6-7,10,12-13,17,25-26H,5H2,(H2,19,28,29)(H,20,21,23,27)/t10-,12-,13-,17-/m1/s1. The zero-order chi connectivity index (χ0) is 23.0. The summed E-state index contributed by atoms with van der Waals surface area (Å²) in [5.74, 6) is -0.347. The van der Waals surface area contributed by atoms with Gasteiger partial charge in [0.15, 0.2) is 23.2 Å². The summed E-state index contributed by atoms with van der Waals surface area (Å²) >= 11 is 5.83. The summed E-state index contributed by atoms with van der Waals surface area (Å²) in [5, 5.41) is 28.5. The summed E-state index contributed by atoms with van der Waals surface area (Å²) in [6.07, 6.45) is -2.82. The van der Waals surface area contributed by atoms with Crippen LogP contribution in [0.1, 0.15) is 16.6 Å². The lowest BCUT2D eigenvalue weighted by Crippen LogP contribution is -2.35. The minimum absolute atomic E-state index is 0.107. The van der Waals surface area contributed by atoms with Gasteiger partial charge in [0.25, 0.3) is 5.91 Å². The molecule has 1 aromatic carbocycles. The maximum absolute atomic E-state index is 12.5. The van der Waals surface area contributed by atoms with Crippen molar-refractivity contribution in [2.45, 2.75) is 24.5 Å². The number of nitrogens with one attached hydrogen (secondary N) is 1. The lowest BCUT2D eigenvalue weighted by Gasteiger charge is -2.16. The number of nitrogens with two attached hydrogens (primary N) is 1. The van der Waals surface area contributed by atoms with Gasteiger partial charge in [-0.3, -0.25) is 13.5 Å². The summed E-state index contributed by atoms with van der Waals surface area (Å²) in [4.78, 5) is 24.8. The van der Waals surface area contributed by atoms with Gasteiger partial charge in [0.2, 0.25) is 0 Å². The summed E-state index contributed by atoms with van der Waals surface area (Å²) in [6, 6.07) is 6.23. The van der Waals surface area contributed by atoms with Crippen molar-refractivity contribution in [3.05, 3.63) is 47.5 Å². The van der Waals surface area contributed by atoms with E-state index in [1.54, 1.807) is 24.3 Å². The van der Waals surface area contributed by atoms with Crippen molar-refractivity contribution >= 4 is 44.8 Å². The quantitative estimate of drug-likeness (QED) is 0.357. The highest BCUT2D eigenvalue weighted by atomic mass is 35.5. The molecule has 0 bridgehead atoms. The van der Waals surface area contributed by atoms with Crippen molar-refractivity contribution in [3.8, 4) is 0 Å². The largest absolute Gasteiger partial charge is 0.387 e. The molecule has 2 aromatic heterocycles. The number of nitrogens with zero attached hydrogens (tertiary/aromatic N) is 4. The molecule has 5 N–H and O–H groups in total.